The Kier molecular flexibility index (Phi) is 9.70. The molecule has 0 heterocycles. The minimum absolute atomic E-state index is 0.188. The first-order valence-corrected chi connectivity index (χ1v) is 10.6. The second kappa shape index (κ2) is 11.0. The summed E-state index contributed by atoms with van der Waals surface area (Å²) in [6.45, 7) is 0. The Morgan fingerprint density at radius 1 is 0.654 bits per heavy atom. The number of unbranched alkanes of at least 4 members (excludes halogenated alkanes) is 6. The fourth-order valence-corrected chi connectivity index (χ4v) is 3.96. The van der Waals surface area contributed by atoms with E-state index in [9.17, 15) is 26.7 Å². The molecule has 0 saturated heterocycles. The monoisotopic (exact) mass is 400 g/mol. The first-order valence-electron chi connectivity index (χ1n) is 8.60. The summed E-state index contributed by atoms with van der Waals surface area (Å²) in [5.74, 6) is -9.40. The molecule has 150 valence electrons. The quantitative estimate of drug-likeness (QED) is 0.179. The van der Waals surface area contributed by atoms with Crippen molar-refractivity contribution in [2.75, 3.05) is 14.2 Å². The van der Waals surface area contributed by atoms with Crippen molar-refractivity contribution >= 4 is 8.80 Å². The van der Waals surface area contributed by atoms with Gasteiger partial charge in [-0.3, -0.25) is 0 Å². The molecule has 0 atom stereocenters. The highest BCUT2D eigenvalue weighted by Crippen LogP contribution is 2.24. The smallest absolute Gasteiger partial charge is 0.390 e. The van der Waals surface area contributed by atoms with Crippen LogP contribution in [0.3, 0.4) is 0 Å². The summed E-state index contributed by atoms with van der Waals surface area (Å²) in [7, 11) is -0.165. The molecule has 0 aromatic heterocycles. The van der Waals surface area contributed by atoms with Gasteiger partial charge in [0.15, 0.2) is 23.3 Å². The summed E-state index contributed by atoms with van der Waals surface area (Å²) in [5.41, 5.74) is -0.746. The van der Waals surface area contributed by atoms with Crippen LogP contribution in [0.15, 0.2) is 0 Å². The fourth-order valence-electron chi connectivity index (χ4n) is 2.69. The average molecular weight is 400 g/mol. The van der Waals surface area contributed by atoms with Gasteiger partial charge < -0.3 is 13.6 Å². The molecule has 0 aliphatic heterocycles. The number of hydrogen-bond acceptors (Lipinski definition) is 3. The second-order valence-electron chi connectivity index (χ2n) is 6.14. The maximum atomic E-state index is 13.5. The summed E-state index contributed by atoms with van der Waals surface area (Å²) in [6, 6.07) is 0.486. The summed E-state index contributed by atoms with van der Waals surface area (Å²) < 4.78 is 76.1. The van der Waals surface area contributed by atoms with E-state index in [4.69, 9.17) is 8.85 Å². The van der Waals surface area contributed by atoms with E-state index in [0.717, 1.165) is 32.1 Å². The van der Waals surface area contributed by atoms with Crippen LogP contribution in [0, 0.1) is 29.1 Å². The summed E-state index contributed by atoms with van der Waals surface area (Å²) in [6.07, 6.45) is 5.05. The van der Waals surface area contributed by atoms with Gasteiger partial charge in [0.25, 0.3) is 0 Å². The lowest BCUT2D eigenvalue weighted by Gasteiger charge is -2.19. The normalized spacial score (nSPS) is 12.0. The summed E-state index contributed by atoms with van der Waals surface area (Å²) >= 11 is 0. The third kappa shape index (κ3) is 6.29. The molecular formula is C17H25F5O3Si. The van der Waals surface area contributed by atoms with Gasteiger partial charge in [0.1, 0.15) is 0 Å². The molecule has 1 N–H and O–H groups in total. The predicted molar refractivity (Wildman–Crippen MR) is 89.1 cm³/mol. The molecule has 0 unspecified atom stereocenters. The van der Waals surface area contributed by atoms with Gasteiger partial charge in [-0.1, -0.05) is 32.1 Å². The van der Waals surface area contributed by atoms with Gasteiger partial charge in [-0.2, -0.15) is 0 Å². The molecule has 1 aromatic rings. The van der Waals surface area contributed by atoms with Gasteiger partial charge in [-0.15, -0.1) is 0 Å². The van der Waals surface area contributed by atoms with Crippen molar-refractivity contribution in [3.63, 3.8) is 0 Å². The minimum atomic E-state index is -3.00. The van der Waals surface area contributed by atoms with Crippen molar-refractivity contribution in [3.05, 3.63) is 34.6 Å². The molecular weight excluding hydrogens is 375 g/mol. The van der Waals surface area contributed by atoms with Crippen molar-refractivity contribution in [1.29, 1.82) is 0 Å². The number of hydrogen-bond donors (Lipinski definition) is 1. The SMILES string of the molecule is CO[Si](O)(CCCCCCCCCc1c(F)c(F)c(F)c(F)c1F)OC. The zero-order valence-electron chi connectivity index (χ0n) is 15.0. The number of rotatable bonds is 12. The summed E-state index contributed by atoms with van der Waals surface area (Å²) in [4.78, 5) is 9.87. The van der Waals surface area contributed by atoms with E-state index in [1.54, 1.807) is 0 Å². The Morgan fingerprint density at radius 3 is 1.50 bits per heavy atom. The van der Waals surface area contributed by atoms with Crippen LogP contribution in [0.5, 0.6) is 0 Å². The molecule has 0 aliphatic carbocycles. The van der Waals surface area contributed by atoms with Crippen molar-refractivity contribution in [2.24, 2.45) is 0 Å². The highest BCUT2D eigenvalue weighted by atomic mass is 28.4. The van der Waals surface area contributed by atoms with Crippen LogP contribution in [-0.4, -0.2) is 27.8 Å². The molecule has 0 saturated carbocycles. The molecule has 1 aromatic carbocycles. The standard InChI is InChI=1S/C17H25F5O3Si/c1-24-26(23,25-2)11-9-7-5-3-4-6-8-10-12-13(18)15(20)17(22)16(21)14(12)19/h23H,3-11H2,1-2H3. The highest BCUT2D eigenvalue weighted by Gasteiger charge is 2.33. The predicted octanol–water partition coefficient (Wildman–Crippen LogP) is 4.88. The third-order valence-corrected chi connectivity index (χ3v) is 6.62. The van der Waals surface area contributed by atoms with Crippen LogP contribution in [0.4, 0.5) is 22.0 Å². The minimum Gasteiger partial charge on any atom is -0.390 e. The summed E-state index contributed by atoms with van der Waals surface area (Å²) in [5, 5.41) is 0. The highest BCUT2D eigenvalue weighted by molar-refractivity contribution is 6.59. The van der Waals surface area contributed by atoms with Crippen LogP contribution in [0.25, 0.3) is 0 Å². The van der Waals surface area contributed by atoms with Crippen LogP contribution in [-0.2, 0) is 15.3 Å². The number of benzene rings is 1. The Bertz CT molecular complexity index is 553. The Morgan fingerprint density at radius 2 is 1.04 bits per heavy atom. The Hall–Kier alpha value is -1.03. The molecule has 0 amide bonds. The lowest BCUT2D eigenvalue weighted by Crippen LogP contribution is -2.39. The van der Waals surface area contributed by atoms with E-state index in [2.05, 4.69) is 0 Å². The lowest BCUT2D eigenvalue weighted by atomic mass is 10.0. The zero-order chi connectivity index (χ0) is 19.7. The van der Waals surface area contributed by atoms with Crippen LogP contribution in [0.2, 0.25) is 6.04 Å². The average Bonchev–Trinajstić information content (AvgIpc) is 2.65. The molecule has 0 fully saturated rings. The van der Waals surface area contributed by atoms with Crippen LogP contribution in [0.1, 0.15) is 50.5 Å². The van der Waals surface area contributed by atoms with Gasteiger partial charge in [-0.25, -0.2) is 22.0 Å². The molecule has 26 heavy (non-hydrogen) atoms. The lowest BCUT2D eigenvalue weighted by molar-refractivity contribution is 0.150. The van der Waals surface area contributed by atoms with Gasteiger partial charge in [0.2, 0.25) is 5.82 Å². The van der Waals surface area contributed by atoms with Gasteiger partial charge in [0.05, 0.1) is 0 Å². The van der Waals surface area contributed by atoms with Crippen molar-refractivity contribution in [3.8, 4) is 0 Å². The number of halogens is 5. The van der Waals surface area contributed by atoms with Crippen LogP contribution >= 0.6 is 0 Å². The maximum Gasteiger partial charge on any atom is 0.497 e. The van der Waals surface area contributed by atoms with E-state index < -0.39 is 43.5 Å². The molecule has 0 aliphatic rings. The van der Waals surface area contributed by atoms with Gasteiger partial charge in [-0.05, 0) is 19.3 Å². The topological polar surface area (TPSA) is 38.7 Å². The van der Waals surface area contributed by atoms with E-state index in [0.29, 0.717) is 18.9 Å². The molecule has 0 bridgehead atoms. The maximum absolute atomic E-state index is 13.5. The largest absolute Gasteiger partial charge is 0.497 e. The molecule has 3 nitrogen and oxygen atoms in total. The van der Waals surface area contributed by atoms with Crippen LogP contribution < -0.4 is 0 Å². The van der Waals surface area contributed by atoms with E-state index >= 15 is 0 Å². The third-order valence-electron chi connectivity index (χ3n) is 4.36. The molecule has 1 rings (SSSR count). The van der Waals surface area contributed by atoms with Crippen molar-refractivity contribution in [1.82, 2.24) is 0 Å². The van der Waals surface area contributed by atoms with E-state index in [1.807, 2.05) is 0 Å². The van der Waals surface area contributed by atoms with Gasteiger partial charge >= 0.3 is 8.80 Å². The molecule has 0 radical (unpaired) electrons. The van der Waals surface area contributed by atoms with E-state index in [-0.39, 0.29) is 6.42 Å². The fraction of sp³-hybridized carbons (Fsp3) is 0.647. The van der Waals surface area contributed by atoms with E-state index in [1.165, 1.54) is 14.2 Å². The first-order chi connectivity index (χ1) is 12.3. The zero-order valence-corrected chi connectivity index (χ0v) is 16.0. The van der Waals surface area contributed by atoms with Crippen molar-refractivity contribution in [2.45, 2.75) is 57.4 Å². The second-order valence-corrected chi connectivity index (χ2v) is 8.89. The van der Waals surface area contributed by atoms with Gasteiger partial charge in [0, 0.05) is 25.8 Å². The molecule has 9 heteroatoms. The Balaban J connectivity index is 2.25. The Labute approximate surface area is 151 Å². The molecule has 0 spiro atoms. The first kappa shape index (κ1) is 23.0. The van der Waals surface area contributed by atoms with Crippen molar-refractivity contribution < 1.29 is 35.6 Å².